The third-order valence-corrected chi connectivity index (χ3v) is 3.18. The van der Waals surface area contributed by atoms with Crippen LogP contribution in [0.3, 0.4) is 0 Å². The van der Waals surface area contributed by atoms with Crippen molar-refractivity contribution in [1.82, 2.24) is 20.4 Å². The van der Waals surface area contributed by atoms with Crippen molar-refractivity contribution < 1.29 is 19.5 Å². The highest BCUT2D eigenvalue weighted by atomic mass is 16.5. The molecule has 0 saturated heterocycles. The predicted octanol–water partition coefficient (Wildman–Crippen LogP) is -0.00520. The zero-order valence-corrected chi connectivity index (χ0v) is 11.5. The van der Waals surface area contributed by atoms with Crippen molar-refractivity contribution >= 4 is 5.91 Å². The van der Waals surface area contributed by atoms with Gasteiger partial charge in [-0.25, -0.2) is 0 Å². The van der Waals surface area contributed by atoms with Gasteiger partial charge in [-0.15, -0.1) is 0 Å². The largest absolute Gasteiger partial charge is 0.394 e. The fourth-order valence-electron chi connectivity index (χ4n) is 1.65. The maximum atomic E-state index is 12.0. The lowest BCUT2D eigenvalue weighted by atomic mass is 9.98. The quantitative estimate of drug-likeness (QED) is 0.684. The van der Waals surface area contributed by atoms with E-state index < -0.39 is 24.7 Å². The zero-order chi connectivity index (χ0) is 15.3. The number of hydrogen-bond donors (Lipinski definition) is 3. The number of rotatable bonds is 6. The molecule has 0 aromatic carbocycles. The number of nitrogens with zero attached hydrogens (tertiary/aromatic N) is 3. The van der Waals surface area contributed by atoms with Crippen molar-refractivity contribution in [2.45, 2.75) is 18.9 Å². The van der Waals surface area contributed by atoms with E-state index in [2.05, 4.69) is 20.4 Å². The van der Waals surface area contributed by atoms with Gasteiger partial charge >= 0.3 is 11.8 Å². The summed E-state index contributed by atoms with van der Waals surface area (Å²) in [4.78, 5) is 20.0. The summed E-state index contributed by atoms with van der Waals surface area (Å²) in [7, 11) is 0. The average molecular weight is 292 g/mol. The summed E-state index contributed by atoms with van der Waals surface area (Å²) in [6.45, 7) is 0.944. The molecule has 8 heteroatoms. The zero-order valence-electron chi connectivity index (χ0n) is 11.5. The lowest BCUT2D eigenvalue weighted by Crippen LogP contribution is -2.53. The number of carbonyl (C=O) groups excluding carboxylic acids is 1. The first-order chi connectivity index (χ1) is 10.1. The summed E-state index contributed by atoms with van der Waals surface area (Å²) in [5, 5.41) is 24.8. The monoisotopic (exact) mass is 292 g/mol. The van der Waals surface area contributed by atoms with E-state index >= 15 is 0 Å². The normalized spacial score (nSPS) is 11.4. The van der Waals surface area contributed by atoms with Gasteiger partial charge in [0, 0.05) is 6.20 Å². The number of amides is 1. The van der Waals surface area contributed by atoms with Gasteiger partial charge in [0.25, 0.3) is 0 Å². The summed E-state index contributed by atoms with van der Waals surface area (Å²) < 4.78 is 4.88. The maximum absolute atomic E-state index is 12.0. The van der Waals surface area contributed by atoms with E-state index in [9.17, 15) is 15.0 Å². The molecule has 0 aliphatic carbocycles. The molecule has 0 radical (unpaired) electrons. The topological polar surface area (TPSA) is 121 Å². The Hall–Kier alpha value is -2.32. The van der Waals surface area contributed by atoms with Crippen LogP contribution in [0.25, 0.3) is 11.5 Å². The van der Waals surface area contributed by atoms with Crippen LogP contribution < -0.4 is 5.32 Å². The van der Waals surface area contributed by atoms with Gasteiger partial charge < -0.3 is 20.1 Å². The molecule has 0 saturated carbocycles. The summed E-state index contributed by atoms with van der Waals surface area (Å²) >= 11 is 0. The third kappa shape index (κ3) is 3.23. The van der Waals surface area contributed by atoms with Gasteiger partial charge in [0.15, 0.2) is 0 Å². The van der Waals surface area contributed by atoms with E-state index in [4.69, 9.17) is 4.52 Å². The van der Waals surface area contributed by atoms with Crippen molar-refractivity contribution in [3.05, 3.63) is 30.3 Å². The summed E-state index contributed by atoms with van der Waals surface area (Å²) in [6, 6.07) is 5.19. The first-order valence-electron chi connectivity index (χ1n) is 6.43. The number of pyridine rings is 1. The Kier molecular flexibility index (Phi) is 4.61. The molecular weight excluding hydrogens is 276 g/mol. The first-order valence-corrected chi connectivity index (χ1v) is 6.43. The lowest BCUT2D eigenvalue weighted by Gasteiger charge is -2.28. The SMILES string of the molecule is CCC(CO)(CO)NC(=O)c1nc(-c2ccccn2)no1. The highest BCUT2D eigenvalue weighted by Crippen LogP contribution is 2.13. The molecule has 2 aromatic heterocycles. The average Bonchev–Trinajstić information content (AvgIpc) is 3.04. The molecule has 3 N–H and O–H groups in total. The van der Waals surface area contributed by atoms with E-state index in [0.29, 0.717) is 12.1 Å². The molecule has 0 aliphatic heterocycles. The van der Waals surface area contributed by atoms with Gasteiger partial charge in [-0.05, 0) is 18.6 Å². The fraction of sp³-hybridized carbons (Fsp3) is 0.385. The summed E-state index contributed by atoms with van der Waals surface area (Å²) in [5.74, 6) is -0.721. The van der Waals surface area contributed by atoms with Crippen LogP contribution in [0.4, 0.5) is 0 Å². The van der Waals surface area contributed by atoms with Gasteiger partial charge in [0.05, 0.1) is 18.8 Å². The fourth-order valence-corrected chi connectivity index (χ4v) is 1.65. The van der Waals surface area contributed by atoms with Gasteiger partial charge in [-0.2, -0.15) is 4.98 Å². The van der Waals surface area contributed by atoms with E-state index in [1.54, 1.807) is 31.3 Å². The van der Waals surface area contributed by atoms with Crippen LogP contribution in [-0.2, 0) is 0 Å². The highest BCUT2D eigenvalue weighted by Gasteiger charge is 2.31. The van der Waals surface area contributed by atoms with Crippen molar-refractivity contribution in [2.75, 3.05) is 13.2 Å². The van der Waals surface area contributed by atoms with Crippen LogP contribution in [0, 0.1) is 0 Å². The number of hydrogen-bond acceptors (Lipinski definition) is 7. The van der Waals surface area contributed by atoms with Crippen LogP contribution in [0.15, 0.2) is 28.9 Å². The Bertz CT molecular complexity index is 587. The van der Waals surface area contributed by atoms with Crippen LogP contribution in [0.1, 0.15) is 24.0 Å². The van der Waals surface area contributed by atoms with Gasteiger partial charge in [-0.1, -0.05) is 18.1 Å². The standard InChI is InChI=1S/C13H16N4O4/c1-2-13(7-18,8-19)16-11(20)12-15-10(17-21-12)9-5-3-4-6-14-9/h3-6,18-19H,2,7-8H2,1H3,(H,16,20). The van der Waals surface area contributed by atoms with Crippen molar-refractivity contribution in [1.29, 1.82) is 0 Å². The molecule has 0 bridgehead atoms. The minimum Gasteiger partial charge on any atom is -0.394 e. The smallest absolute Gasteiger partial charge is 0.316 e. The van der Waals surface area contributed by atoms with E-state index in [1.165, 1.54) is 0 Å². The predicted molar refractivity (Wildman–Crippen MR) is 72.2 cm³/mol. The maximum Gasteiger partial charge on any atom is 0.316 e. The second kappa shape index (κ2) is 6.42. The van der Waals surface area contributed by atoms with Gasteiger partial charge in [0.1, 0.15) is 5.69 Å². The molecule has 2 rings (SSSR count). The van der Waals surface area contributed by atoms with Gasteiger partial charge in [0.2, 0.25) is 5.82 Å². The Balaban J connectivity index is 2.16. The second-order valence-corrected chi connectivity index (χ2v) is 4.54. The van der Waals surface area contributed by atoms with Gasteiger partial charge in [-0.3, -0.25) is 9.78 Å². The van der Waals surface area contributed by atoms with E-state index in [0.717, 1.165) is 0 Å². The molecule has 0 atom stereocenters. The number of aromatic nitrogens is 3. The summed E-state index contributed by atoms with van der Waals surface area (Å²) in [6.07, 6.45) is 1.93. The van der Waals surface area contributed by atoms with Crippen LogP contribution in [-0.4, -0.2) is 50.0 Å². The van der Waals surface area contributed by atoms with Crippen molar-refractivity contribution in [2.24, 2.45) is 0 Å². The molecule has 2 heterocycles. The molecule has 21 heavy (non-hydrogen) atoms. The van der Waals surface area contributed by atoms with Crippen molar-refractivity contribution in [3.63, 3.8) is 0 Å². The number of carbonyl (C=O) groups is 1. The molecular formula is C13H16N4O4. The van der Waals surface area contributed by atoms with E-state index in [1.807, 2.05) is 0 Å². The minimum absolute atomic E-state index is 0.191. The Morgan fingerprint density at radius 1 is 1.38 bits per heavy atom. The highest BCUT2D eigenvalue weighted by molar-refractivity contribution is 5.90. The van der Waals surface area contributed by atoms with Crippen LogP contribution in [0.2, 0.25) is 0 Å². The molecule has 0 unspecified atom stereocenters. The number of nitrogens with one attached hydrogen (secondary N) is 1. The number of aliphatic hydroxyl groups is 2. The molecule has 2 aromatic rings. The van der Waals surface area contributed by atoms with Crippen LogP contribution in [0.5, 0.6) is 0 Å². The number of aliphatic hydroxyl groups excluding tert-OH is 2. The lowest BCUT2D eigenvalue weighted by molar-refractivity contribution is 0.0620. The molecule has 0 fully saturated rings. The minimum atomic E-state index is -1.11. The first kappa shape index (κ1) is 15.1. The van der Waals surface area contributed by atoms with Crippen molar-refractivity contribution in [3.8, 4) is 11.5 Å². The van der Waals surface area contributed by atoms with E-state index in [-0.39, 0.29) is 11.7 Å². The molecule has 0 spiro atoms. The molecule has 8 nitrogen and oxygen atoms in total. The molecule has 0 aliphatic rings. The second-order valence-electron chi connectivity index (χ2n) is 4.54. The Morgan fingerprint density at radius 3 is 2.71 bits per heavy atom. The summed E-state index contributed by atoms with van der Waals surface area (Å²) in [5.41, 5.74) is -0.636. The molecule has 1 amide bonds. The Morgan fingerprint density at radius 2 is 2.14 bits per heavy atom. The third-order valence-electron chi connectivity index (χ3n) is 3.18. The van der Waals surface area contributed by atoms with Crippen LogP contribution >= 0.6 is 0 Å². The Labute approximate surface area is 120 Å². The molecule has 112 valence electrons.